The van der Waals surface area contributed by atoms with Crippen molar-refractivity contribution in [3.63, 3.8) is 0 Å². The molecule has 3 aromatic rings. The Labute approximate surface area is 184 Å². The van der Waals surface area contributed by atoms with E-state index < -0.39 is 0 Å². The average Bonchev–Trinajstić information content (AvgIpc) is 3.12. The fraction of sp³-hybridized carbons (Fsp3) is 0.182. The summed E-state index contributed by atoms with van der Waals surface area (Å²) in [7, 11) is 3.46. The van der Waals surface area contributed by atoms with Gasteiger partial charge in [-0.1, -0.05) is 23.7 Å². The van der Waals surface area contributed by atoms with Crippen LogP contribution in [0.5, 0.6) is 11.5 Å². The molecule has 6 nitrogen and oxygen atoms in total. The number of amides is 1. The van der Waals surface area contributed by atoms with Crippen LogP contribution in [-0.2, 0) is 11.8 Å². The number of nitrogens with zero attached hydrogens (tertiary/aromatic N) is 2. The highest BCUT2D eigenvalue weighted by molar-refractivity contribution is 7.99. The third kappa shape index (κ3) is 5.37. The van der Waals surface area contributed by atoms with Crippen molar-refractivity contribution in [1.82, 2.24) is 9.55 Å². The standard InChI is InChI=1S/C22H22ClN3O3S/c1-4-29-18-14-15(13-16(23)21(18)28-3)9-10-20(27)25-17-7-5-6-8-19(17)30-22-24-11-12-26(22)2/h5-14H,4H2,1-3H3,(H,25,27). The number of aryl methyl sites for hydroxylation is 1. The van der Waals surface area contributed by atoms with E-state index in [1.165, 1.54) is 24.9 Å². The van der Waals surface area contributed by atoms with E-state index in [9.17, 15) is 4.79 Å². The highest BCUT2D eigenvalue weighted by Crippen LogP contribution is 2.37. The third-order valence-electron chi connectivity index (χ3n) is 4.09. The molecule has 1 amide bonds. The monoisotopic (exact) mass is 443 g/mol. The minimum absolute atomic E-state index is 0.257. The zero-order chi connectivity index (χ0) is 21.5. The van der Waals surface area contributed by atoms with E-state index in [-0.39, 0.29) is 5.91 Å². The van der Waals surface area contributed by atoms with Crippen molar-refractivity contribution in [3.8, 4) is 11.5 Å². The molecule has 1 aromatic heterocycles. The molecule has 2 aromatic carbocycles. The number of carbonyl (C=O) groups is 1. The Hall–Kier alpha value is -2.90. The first-order chi connectivity index (χ1) is 14.5. The molecule has 156 valence electrons. The zero-order valence-corrected chi connectivity index (χ0v) is 18.5. The number of carbonyl (C=O) groups excluding carboxylic acids is 1. The van der Waals surface area contributed by atoms with Crippen molar-refractivity contribution in [1.29, 1.82) is 0 Å². The van der Waals surface area contributed by atoms with Crippen LogP contribution in [-0.4, -0.2) is 29.2 Å². The summed E-state index contributed by atoms with van der Waals surface area (Å²) in [5.74, 6) is 0.748. The predicted octanol–water partition coefficient (Wildman–Crippen LogP) is 5.28. The second-order valence-corrected chi connectivity index (χ2v) is 7.62. The van der Waals surface area contributed by atoms with Crippen LogP contribution < -0.4 is 14.8 Å². The number of methoxy groups -OCH3 is 1. The lowest BCUT2D eigenvalue weighted by Crippen LogP contribution is -2.08. The molecule has 0 fully saturated rings. The number of aromatic nitrogens is 2. The molecule has 30 heavy (non-hydrogen) atoms. The van der Waals surface area contributed by atoms with Gasteiger partial charge in [-0.15, -0.1) is 0 Å². The van der Waals surface area contributed by atoms with Gasteiger partial charge in [0.1, 0.15) is 0 Å². The summed E-state index contributed by atoms with van der Waals surface area (Å²) >= 11 is 7.75. The summed E-state index contributed by atoms with van der Waals surface area (Å²) in [4.78, 5) is 17.7. The lowest BCUT2D eigenvalue weighted by atomic mass is 10.2. The van der Waals surface area contributed by atoms with Gasteiger partial charge in [0.05, 0.1) is 24.4 Å². The first kappa shape index (κ1) is 21.8. The summed E-state index contributed by atoms with van der Waals surface area (Å²) in [5, 5.41) is 4.17. The molecule has 0 aliphatic carbocycles. The zero-order valence-electron chi connectivity index (χ0n) is 16.9. The minimum Gasteiger partial charge on any atom is -0.491 e. The highest BCUT2D eigenvalue weighted by atomic mass is 35.5. The van der Waals surface area contributed by atoms with Crippen LogP contribution in [0.4, 0.5) is 5.69 Å². The van der Waals surface area contributed by atoms with E-state index in [2.05, 4.69) is 10.3 Å². The number of halogens is 1. The number of para-hydroxylation sites is 1. The van der Waals surface area contributed by atoms with Crippen LogP contribution in [0.25, 0.3) is 6.08 Å². The van der Waals surface area contributed by atoms with Gasteiger partial charge < -0.3 is 19.4 Å². The fourth-order valence-corrected chi connectivity index (χ4v) is 3.89. The van der Waals surface area contributed by atoms with Gasteiger partial charge in [-0.2, -0.15) is 0 Å². The first-order valence-electron chi connectivity index (χ1n) is 9.25. The van der Waals surface area contributed by atoms with Crippen LogP contribution in [0, 0.1) is 0 Å². The van der Waals surface area contributed by atoms with Gasteiger partial charge in [0, 0.05) is 30.4 Å². The molecule has 1 N–H and O–H groups in total. The second-order valence-electron chi connectivity index (χ2n) is 6.21. The van der Waals surface area contributed by atoms with Gasteiger partial charge in [-0.3, -0.25) is 4.79 Å². The molecule has 0 spiro atoms. The van der Waals surface area contributed by atoms with E-state index in [0.29, 0.717) is 28.8 Å². The van der Waals surface area contributed by atoms with Crippen LogP contribution in [0.15, 0.2) is 64.9 Å². The van der Waals surface area contributed by atoms with Crippen LogP contribution in [0.1, 0.15) is 12.5 Å². The molecule has 0 aliphatic rings. The van der Waals surface area contributed by atoms with Crippen molar-refractivity contribution >= 4 is 41.0 Å². The lowest BCUT2D eigenvalue weighted by Gasteiger charge is -2.12. The van der Waals surface area contributed by atoms with Gasteiger partial charge in [0.25, 0.3) is 0 Å². The molecular weight excluding hydrogens is 422 g/mol. The van der Waals surface area contributed by atoms with E-state index in [1.54, 1.807) is 24.4 Å². The highest BCUT2D eigenvalue weighted by Gasteiger charge is 2.11. The third-order valence-corrected chi connectivity index (χ3v) is 5.52. The van der Waals surface area contributed by atoms with Gasteiger partial charge in [-0.05, 0) is 54.6 Å². The lowest BCUT2D eigenvalue weighted by molar-refractivity contribution is -0.111. The Morgan fingerprint density at radius 3 is 2.83 bits per heavy atom. The molecular formula is C22H22ClN3O3S. The summed E-state index contributed by atoms with van der Waals surface area (Å²) in [6, 6.07) is 11.1. The summed E-state index contributed by atoms with van der Waals surface area (Å²) in [6.07, 6.45) is 6.75. The van der Waals surface area contributed by atoms with Crippen molar-refractivity contribution in [3.05, 3.63) is 65.5 Å². The normalized spacial score (nSPS) is 10.9. The maximum absolute atomic E-state index is 12.5. The second kappa shape index (κ2) is 10.2. The number of hydrogen-bond acceptors (Lipinski definition) is 5. The first-order valence-corrected chi connectivity index (χ1v) is 10.4. The van der Waals surface area contributed by atoms with Crippen LogP contribution in [0.2, 0.25) is 5.02 Å². The van der Waals surface area contributed by atoms with E-state index in [1.807, 2.05) is 49.0 Å². The molecule has 0 radical (unpaired) electrons. The SMILES string of the molecule is CCOc1cc(C=CC(=O)Nc2ccccc2Sc2nccn2C)cc(Cl)c1OC. The number of nitrogens with one attached hydrogen (secondary N) is 1. The Kier molecular flexibility index (Phi) is 7.43. The summed E-state index contributed by atoms with van der Waals surface area (Å²) in [5.41, 5.74) is 1.44. The number of anilines is 1. The van der Waals surface area contributed by atoms with Gasteiger partial charge >= 0.3 is 0 Å². The van der Waals surface area contributed by atoms with Crippen LogP contribution >= 0.6 is 23.4 Å². The number of ether oxygens (including phenoxy) is 2. The van der Waals surface area contributed by atoms with Crippen molar-refractivity contribution in [2.75, 3.05) is 19.0 Å². The van der Waals surface area contributed by atoms with Crippen LogP contribution in [0.3, 0.4) is 0 Å². The van der Waals surface area contributed by atoms with Gasteiger partial charge in [-0.25, -0.2) is 4.98 Å². The molecule has 0 saturated heterocycles. The number of rotatable bonds is 8. The molecule has 0 unspecified atom stereocenters. The smallest absolute Gasteiger partial charge is 0.248 e. The quantitative estimate of drug-likeness (QED) is 0.479. The Morgan fingerprint density at radius 1 is 1.33 bits per heavy atom. The molecule has 8 heteroatoms. The Morgan fingerprint density at radius 2 is 2.13 bits per heavy atom. The number of imidazole rings is 1. The summed E-state index contributed by atoms with van der Waals surface area (Å²) < 4.78 is 12.8. The Bertz CT molecular complexity index is 1070. The van der Waals surface area contributed by atoms with Crippen molar-refractivity contribution in [2.45, 2.75) is 17.0 Å². The van der Waals surface area contributed by atoms with E-state index in [4.69, 9.17) is 21.1 Å². The number of benzene rings is 2. The molecule has 0 aliphatic heterocycles. The average molecular weight is 444 g/mol. The molecule has 0 saturated carbocycles. The fourth-order valence-electron chi connectivity index (χ4n) is 2.70. The van der Waals surface area contributed by atoms with Gasteiger partial charge in [0.2, 0.25) is 5.91 Å². The molecule has 1 heterocycles. The minimum atomic E-state index is -0.257. The predicted molar refractivity (Wildman–Crippen MR) is 121 cm³/mol. The van der Waals surface area contributed by atoms with E-state index >= 15 is 0 Å². The molecule has 0 bridgehead atoms. The largest absolute Gasteiger partial charge is 0.491 e. The maximum Gasteiger partial charge on any atom is 0.248 e. The summed E-state index contributed by atoms with van der Waals surface area (Å²) in [6.45, 7) is 2.36. The Balaban J connectivity index is 1.75. The maximum atomic E-state index is 12.5. The van der Waals surface area contributed by atoms with E-state index in [0.717, 1.165) is 15.6 Å². The van der Waals surface area contributed by atoms with Gasteiger partial charge in [0.15, 0.2) is 16.7 Å². The molecule has 0 atom stereocenters. The van der Waals surface area contributed by atoms with Crippen molar-refractivity contribution in [2.24, 2.45) is 7.05 Å². The number of hydrogen-bond donors (Lipinski definition) is 1. The topological polar surface area (TPSA) is 65.4 Å². The van der Waals surface area contributed by atoms with Crippen molar-refractivity contribution < 1.29 is 14.3 Å². The molecule has 3 rings (SSSR count).